The molecule has 0 aliphatic carbocycles. The number of tetrazole rings is 1. The van der Waals surface area contributed by atoms with Crippen LogP contribution in [0.25, 0.3) is 17.1 Å². The lowest BCUT2D eigenvalue weighted by molar-refractivity contribution is 0.302. The van der Waals surface area contributed by atoms with Crippen LogP contribution in [0.4, 0.5) is 0 Å². The average molecular weight is 391 g/mol. The van der Waals surface area contributed by atoms with E-state index in [9.17, 15) is 4.79 Å². The Labute approximate surface area is 167 Å². The third kappa shape index (κ3) is 3.54. The lowest BCUT2D eigenvalue weighted by Gasteiger charge is -2.14. The van der Waals surface area contributed by atoms with Crippen LogP contribution in [0.15, 0.2) is 47.5 Å². The summed E-state index contributed by atoms with van der Waals surface area (Å²) in [5.74, 6) is 1.43. The fourth-order valence-corrected chi connectivity index (χ4v) is 3.11. The van der Waals surface area contributed by atoms with Gasteiger partial charge in [0.25, 0.3) is 0 Å². The number of ether oxygens (including phenoxy) is 1. The Morgan fingerprint density at radius 3 is 2.52 bits per heavy atom. The van der Waals surface area contributed by atoms with E-state index in [-0.39, 0.29) is 5.69 Å². The van der Waals surface area contributed by atoms with E-state index in [1.807, 2.05) is 57.3 Å². The van der Waals surface area contributed by atoms with Crippen LogP contribution in [0.2, 0.25) is 0 Å². The topological polar surface area (TPSA) is 92.7 Å². The Balaban J connectivity index is 1.61. The second kappa shape index (κ2) is 7.34. The zero-order chi connectivity index (χ0) is 20.5. The van der Waals surface area contributed by atoms with Crippen molar-refractivity contribution in [3.05, 3.63) is 69.9 Å². The smallest absolute Gasteiger partial charge is 0.368 e. The van der Waals surface area contributed by atoms with E-state index in [1.54, 1.807) is 18.1 Å². The Hall–Kier alpha value is -3.75. The number of aromatic nitrogens is 7. The van der Waals surface area contributed by atoms with E-state index in [1.165, 1.54) is 9.36 Å². The van der Waals surface area contributed by atoms with E-state index in [2.05, 4.69) is 20.5 Å². The van der Waals surface area contributed by atoms with Crippen molar-refractivity contribution in [2.24, 2.45) is 14.1 Å². The summed E-state index contributed by atoms with van der Waals surface area (Å²) in [7, 11) is 3.40. The summed E-state index contributed by atoms with van der Waals surface area (Å²) in [5, 5.41) is 12.1. The zero-order valence-electron chi connectivity index (χ0n) is 16.7. The summed E-state index contributed by atoms with van der Waals surface area (Å²) in [6.45, 7) is 4.26. The summed E-state index contributed by atoms with van der Waals surface area (Å²) >= 11 is 0. The first-order valence-electron chi connectivity index (χ1n) is 9.11. The number of nitrogens with zero attached hydrogens (tertiary/aromatic N) is 7. The molecule has 0 bridgehead atoms. The highest BCUT2D eigenvalue weighted by Gasteiger charge is 2.14. The summed E-state index contributed by atoms with van der Waals surface area (Å²) in [6.07, 6.45) is 1.67. The molecule has 0 saturated heterocycles. The molecule has 0 fully saturated rings. The van der Waals surface area contributed by atoms with E-state index in [0.29, 0.717) is 18.1 Å². The van der Waals surface area contributed by atoms with Gasteiger partial charge in [-0.05, 0) is 59.7 Å². The fourth-order valence-electron chi connectivity index (χ4n) is 3.11. The summed E-state index contributed by atoms with van der Waals surface area (Å²) in [4.78, 5) is 16.6. The van der Waals surface area contributed by atoms with Crippen molar-refractivity contribution in [3.8, 4) is 22.8 Å². The minimum Gasteiger partial charge on any atom is -0.489 e. The zero-order valence-corrected chi connectivity index (χ0v) is 16.7. The van der Waals surface area contributed by atoms with E-state index >= 15 is 0 Å². The molecular weight excluding hydrogens is 370 g/mol. The quantitative estimate of drug-likeness (QED) is 0.516. The molecule has 148 valence electrons. The lowest BCUT2D eigenvalue weighted by atomic mass is 10.1. The SMILES string of the molecule is Cc1cc(-c2ncn(C)n2)ccc1OCc1c(C)cccc1-n1nnn(C)c1=O. The molecule has 0 aliphatic heterocycles. The van der Waals surface area contributed by atoms with Crippen LogP contribution in [0.1, 0.15) is 16.7 Å². The molecule has 2 heterocycles. The predicted molar refractivity (Wildman–Crippen MR) is 107 cm³/mol. The molecule has 0 atom stereocenters. The van der Waals surface area contributed by atoms with Gasteiger partial charge in [0.1, 0.15) is 18.7 Å². The van der Waals surface area contributed by atoms with Crippen LogP contribution in [-0.2, 0) is 20.7 Å². The number of aryl methyl sites for hydroxylation is 4. The molecular formula is C20H21N7O2. The van der Waals surface area contributed by atoms with Gasteiger partial charge < -0.3 is 4.74 Å². The summed E-state index contributed by atoms with van der Waals surface area (Å²) in [5.41, 5.74) is 4.15. The molecule has 4 aromatic rings. The van der Waals surface area contributed by atoms with Gasteiger partial charge in [-0.2, -0.15) is 14.5 Å². The van der Waals surface area contributed by atoms with Gasteiger partial charge in [-0.3, -0.25) is 4.68 Å². The monoisotopic (exact) mass is 391 g/mol. The molecule has 29 heavy (non-hydrogen) atoms. The molecule has 0 amide bonds. The Bertz CT molecular complexity index is 1240. The molecule has 0 saturated carbocycles. The first-order chi connectivity index (χ1) is 13.9. The van der Waals surface area contributed by atoms with E-state index < -0.39 is 0 Å². The summed E-state index contributed by atoms with van der Waals surface area (Å²) in [6, 6.07) is 11.5. The highest BCUT2D eigenvalue weighted by atomic mass is 16.5. The first kappa shape index (κ1) is 18.6. The van der Waals surface area contributed by atoms with Gasteiger partial charge in [-0.15, -0.1) is 0 Å². The van der Waals surface area contributed by atoms with Crippen LogP contribution in [0, 0.1) is 13.8 Å². The van der Waals surface area contributed by atoms with Gasteiger partial charge >= 0.3 is 5.69 Å². The van der Waals surface area contributed by atoms with Crippen molar-refractivity contribution >= 4 is 0 Å². The maximum Gasteiger partial charge on any atom is 0.368 e. The summed E-state index contributed by atoms with van der Waals surface area (Å²) < 4.78 is 10.2. The molecule has 2 aromatic carbocycles. The number of hydrogen-bond acceptors (Lipinski definition) is 6. The number of hydrogen-bond donors (Lipinski definition) is 0. The molecule has 0 N–H and O–H groups in total. The first-order valence-corrected chi connectivity index (χ1v) is 9.11. The minimum absolute atomic E-state index is 0.299. The molecule has 9 nitrogen and oxygen atoms in total. The molecule has 0 spiro atoms. The van der Waals surface area contributed by atoms with Gasteiger partial charge in [0.05, 0.1) is 5.69 Å². The van der Waals surface area contributed by atoms with Gasteiger partial charge in [0.2, 0.25) is 0 Å². The van der Waals surface area contributed by atoms with E-state index in [4.69, 9.17) is 4.74 Å². The average Bonchev–Trinajstić information content (AvgIpc) is 3.27. The molecule has 0 aliphatic rings. The highest BCUT2D eigenvalue weighted by molar-refractivity contribution is 5.58. The van der Waals surface area contributed by atoms with Crippen LogP contribution in [0.5, 0.6) is 5.75 Å². The van der Waals surface area contributed by atoms with E-state index in [0.717, 1.165) is 28.0 Å². The van der Waals surface area contributed by atoms with Gasteiger partial charge in [-0.1, -0.05) is 12.1 Å². The molecule has 0 radical (unpaired) electrons. The van der Waals surface area contributed by atoms with Crippen molar-refractivity contribution in [3.63, 3.8) is 0 Å². The number of rotatable bonds is 5. The lowest BCUT2D eigenvalue weighted by Crippen LogP contribution is -2.23. The number of benzene rings is 2. The largest absolute Gasteiger partial charge is 0.489 e. The van der Waals surface area contributed by atoms with Gasteiger partial charge in [0.15, 0.2) is 5.82 Å². The second-order valence-corrected chi connectivity index (χ2v) is 6.88. The molecule has 2 aromatic heterocycles. The third-order valence-corrected chi connectivity index (χ3v) is 4.74. The maximum atomic E-state index is 12.3. The third-order valence-electron chi connectivity index (χ3n) is 4.74. The standard InChI is InChI=1S/C20H21N7O2/c1-13-6-5-7-17(27-20(28)26(4)23-24-27)16(13)11-29-18-9-8-15(10-14(18)2)19-21-12-25(3)22-19/h5-10,12H,11H2,1-4H3. The molecule has 9 heteroatoms. The van der Waals surface area contributed by atoms with Crippen LogP contribution >= 0.6 is 0 Å². The predicted octanol–water partition coefficient (Wildman–Crippen LogP) is 1.96. The minimum atomic E-state index is -0.305. The Morgan fingerprint density at radius 2 is 1.86 bits per heavy atom. The van der Waals surface area contributed by atoms with Gasteiger partial charge in [-0.25, -0.2) is 9.78 Å². The van der Waals surface area contributed by atoms with Gasteiger partial charge in [0, 0.05) is 25.2 Å². The molecule has 4 rings (SSSR count). The van der Waals surface area contributed by atoms with Crippen LogP contribution < -0.4 is 10.4 Å². The fraction of sp³-hybridized carbons (Fsp3) is 0.250. The van der Waals surface area contributed by atoms with Crippen LogP contribution in [-0.4, -0.2) is 34.6 Å². The molecule has 0 unspecified atom stereocenters. The van der Waals surface area contributed by atoms with Crippen molar-refractivity contribution < 1.29 is 4.74 Å². The van der Waals surface area contributed by atoms with Crippen molar-refractivity contribution in [1.29, 1.82) is 0 Å². The Kier molecular flexibility index (Phi) is 4.71. The second-order valence-electron chi connectivity index (χ2n) is 6.88. The van der Waals surface area contributed by atoms with Crippen molar-refractivity contribution in [2.75, 3.05) is 0 Å². The maximum absolute atomic E-state index is 12.3. The normalized spacial score (nSPS) is 11.0. The highest BCUT2D eigenvalue weighted by Crippen LogP contribution is 2.26. The van der Waals surface area contributed by atoms with Crippen LogP contribution in [0.3, 0.4) is 0 Å². The Morgan fingerprint density at radius 1 is 1.03 bits per heavy atom. The van der Waals surface area contributed by atoms with Crippen molar-refractivity contribution in [1.82, 2.24) is 34.6 Å². The van der Waals surface area contributed by atoms with Crippen molar-refractivity contribution in [2.45, 2.75) is 20.5 Å².